The van der Waals surface area contributed by atoms with Crippen LogP contribution in [0.5, 0.6) is 0 Å². The zero-order valence-electron chi connectivity index (χ0n) is 21.9. The molecule has 4 rings (SSSR count). The van der Waals surface area contributed by atoms with E-state index in [0.717, 1.165) is 16.7 Å². The van der Waals surface area contributed by atoms with Gasteiger partial charge in [-0.3, -0.25) is 4.79 Å². The SMILES string of the molecule is O=C(N[C@H]1c2ccccc2C[C@H]1O)[C@H](OC/C=C/Br)[C@H](O)[C@@H](O)[C@@H](OC/C=C/Br)c1nnc(Cc2ccccc2)o1. The maximum atomic E-state index is 13.5. The summed E-state index contributed by atoms with van der Waals surface area (Å²) in [6, 6.07) is 16.2. The fourth-order valence-corrected chi connectivity index (χ4v) is 4.91. The van der Waals surface area contributed by atoms with E-state index in [9.17, 15) is 20.1 Å². The summed E-state index contributed by atoms with van der Waals surface area (Å²) in [7, 11) is 0. The van der Waals surface area contributed by atoms with E-state index < -0.39 is 42.5 Å². The van der Waals surface area contributed by atoms with Gasteiger partial charge in [0, 0.05) is 6.42 Å². The van der Waals surface area contributed by atoms with Crippen LogP contribution < -0.4 is 5.32 Å². The van der Waals surface area contributed by atoms with E-state index in [4.69, 9.17) is 13.9 Å². The fraction of sp³-hybridized carbons (Fsp3) is 0.345. The standard InChI is InChI=1S/C29H31Br2N3O7/c30-12-6-14-39-26(28(38)32-23-20-11-5-4-10-19(20)17-21(23)35)24(36)25(37)27(40-15-7-13-31)29-34-33-22(41-29)16-18-8-2-1-3-9-18/h1-13,21,23-27,35-37H,14-17H2,(H,32,38)/b12-6+,13-7+/t21-,23+,24-,25-,26-,27-/m1/s1. The monoisotopic (exact) mass is 691 g/mol. The van der Waals surface area contributed by atoms with Crippen LogP contribution in [0, 0.1) is 0 Å². The number of carbonyl (C=O) groups is 1. The van der Waals surface area contributed by atoms with Crippen molar-refractivity contribution in [3.63, 3.8) is 0 Å². The number of aromatic nitrogens is 2. The highest BCUT2D eigenvalue weighted by molar-refractivity contribution is 9.11. The summed E-state index contributed by atoms with van der Waals surface area (Å²) in [6.45, 7) is -0.0122. The van der Waals surface area contributed by atoms with Crippen molar-refractivity contribution < 1.29 is 34.0 Å². The van der Waals surface area contributed by atoms with E-state index in [1.54, 1.807) is 22.1 Å². The summed E-state index contributed by atoms with van der Waals surface area (Å²) in [4.78, 5) is 16.6. The molecule has 0 aliphatic heterocycles. The van der Waals surface area contributed by atoms with Gasteiger partial charge < -0.3 is 34.5 Å². The fourth-order valence-electron chi connectivity index (χ4n) is 4.60. The third-order valence-corrected chi connectivity index (χ3v) is 7.32. The van der Waals surface area contributed by atoms with Gasteiger partial charge in [-0.15, -0.1) is 10.2 Å². The van der Waals surface area contributed by atoms with E-state index in [1.807, 2.05) is 54.6 Å². The van der Waals surface area contributed by atoms with Crippen molar-refractivity contribution in [2.75, 3.05) is 13.2 Å². The highest BCUT2D eigenvalue weighted by Gasteiger charge is 2.42. The topological polar surface area (TPSA) is 147 Å². The Labute approximate surface area is 254 Å². The molecule has 12 heteroatoms. The van der Waals surface area contributed by atoms with E-state index in [0.29, 0.717) is 18.7 Å². The zero-order valence-corrected chi connectivity index (χ0v) is 25.1. The average Bonchev–Trinajstić information content (AvgIpc) is 3.57. The van der Waals surface area contributed by atoms with Crippen molar-refractivity contribution in [3.05, 3.63) is 105 Å². The normalized spacial score (nSPS) is 19.7. The van der Waals surface area contributed by atoms with Gasteiger partial charge in [-0.1, -0.05) is 98.6 Å². The second kappa shape index (κ2) is 15.5. The predicted octanol–water partition coefficient (Wildman–Crippen LogP) is 3.42. The molecule has 1 aromatic heterocycles. The number of amides is 1. The van der Waals surface area contributed by atoms with Crippen molar-refractivity contribution >= 4 is 37.8 Å². The molecule has 2 aromatic carbocycles. The molecule has 1 heterocycles. The highest BCUT2D eigenvalue weighted by atomic mass is 79.9. The minimum atomic E-state index is -1.77. The molecule has 41 heavy (non-hydrogen) atoms. The van der Waals surface area contributed by atoms with Gasteiger partial charge in [-0.25, -0.2) is 0 Å². The number of aliphatic hydroxyl groups excluding tert-OH is 3. The number of aliphatic hydroxyl groups is 3. The second-order valence-corrected chi connectivity index (χ2v) is 10.4. The first-order valence-electron chi connectivity index (χ1n) is 12.9. The molecule has 6 atom stereocenters. The molecule has 4 N–H and O–H groups in total. The van der Waals surface area contributed by atoms with Gasteiger partial charge in [0.1, 0.15) is 12.2 Å². The number of nitrogens with zero attached hydrogens (tertiary/aromatic N) is 2. The van der Waals surface area contributed by atoms with Crippen LogP contribution >= 0.6 is 31.9 Å². The summed E-state index contributed by atoms with van der Waals surface area (Å²) in [5.41, 5.74) is 2.65. The molecule has 1 aliphatic carbocycles. The Balaban J connectivity index is 1.54. The molecule has 0 fully saturated rings. The first kappa shape index (κ1) is 31.2. The van der Waals surface area contributed by atoms with E-state index >= 15 is 0 Å². The Kier molecular flexibility index (Phi) is 11.8. The lowest BCUT2D eigenvalue weighted by molar-refractivity contribution is -0.161. The summed E-state index contributed by atoms with van der Waals surface area (Å²) in [6.07, 6.45) is -3.18. The molecule has 0 bridgehead atoms. The first-order chi connectivity index (χ1) is 19.9. The molecule has 1 aliphatic rings. The van der Waals surface area contributed by atoms with Crippen molar-refractivity contribution in [2.24, 2.45) is 0 Å². The van der Waals surface area contributed by atoms with Crippen molar-refractivity contribution in [2.45, 2.75) is 49.4 Å². The number of halogens is 2. The molecular weight excluding hydrogens is 662 g/mol. The smallest absolute Gasteiger partial charge is 0.252 e. The lowest BCUT2D eigenvalue weighted by Gasteiger charge is -2.30. The maximum absolute atomic E-state index is 13.5. The lowest BCUT2D eigenvalue weighted by Crippen LogP contribution is -2.52. The van der Waals surface area contributed by atoms with Crippen LogP contribution in [0.25, 0.3) is 0 Å². The van der Waals surface area contributed by atoms with Gasteiger partial charge in [-0.05, 0) is 26.7 Å². The number of ether oxygens (including phenoxy) is 2. The minimum absolute atomic E-state index is 0.0329. The van der Waals surface area contributed by atoms with Crippen LogP contribution in [-0.4, -0.2) is 69.1 Å². The molecule has 0 spiro atoms. The Morgan fingerprint density at radius 3 is 2.41 bits per heavy atom. The molecule has 218 valence electrons. The van der Waals surface area contributed by atoms with E-state index in [-0.39, 0.29) is 19.1 Å². The Bertz CT molecular complexity index is 1320. The van der Waals surface area contributed by atoms with Crippen LogP contribution in [0.15, 0.2) is 81.1 Å². The summed E-state index contributed by atoms with van der Waals surface area (Å²) < 4.78 is 17.3. The largest absolute Gasteiger partial charge is 0.422 e. The van der Waals surface area contributed by atoms with E-state index in [2.05, 4.69) is 47.4 Å². The Morgan fingerprint density at radius 2 is 1.68 bits per heavy atom. The van der Waals surface area contributed by atoms with Crippen LogP contribution in [0.2, 0.25) is 0 Å². The number of hydrogen-bond acceptors (Lipinski definition) is 9. The zero-order chi connectivity index (χ0) is 29.2. The van der Waals surface area contributed by atoms with Gasteiger partial charge in [0.15, 0.2) is 12.2 Å². The van der Waals surface area contributed by atoms with Crippen LogP contribution in [0.3, 0.4) is 0 Å². The number of nitrogens with one attached hydrogen (secondary N) is 1. The molecule has 0 saturated carbocycles. The lowest BCUT2D eigenvalue weighted by atomic mass is 10.0. The third-order valence-electron chi connectivity index (χ3n) is 6.58. The summed E-state index contributed by atoms with van der Waals surface area (Å²) >= 11 is 6.32. The van der Waals surface area contributed by atoms with Gasteiger partial charge in [-0.2, -0.15) is 0 Å². The van der Waals surface area contributed by atoms with Crippen molar-refractivity contribution in [1.82, 2.24) is 15.5 Å². The second-order valence-electron chi connectivity index (χ2n) is 9.37. The molecule has 0 saturated heterocycles. The number of rotatable bonds is 14. The van der Waals surface area contributed by atoms with Crippen LogP contribution in [0.1, 0.15) is 40.6 Å². The molecule has 0 radical (unpaired) electrons. The van der Waals surface area contributed by atoms with Gasteiger partial charge in [0.25, 0.3) is 5.91 Å². The molecule has 0 unspecified atom stereocenters. The number of benzene rings is 2. The molecule has 3 aromatic rings. The van der Waals surface area contributed by atoms with Gasteiger partial charge in [0.2, 0.25) is 11.8 Å². The quantitative estimate of drug-likeness (QED) is 0.200. The third kappa shape index (κ3) is 8.19. The number of carbonyl (C=O) groups excluding carboxylic acids is 1. The molecular formula is C29H31Br2N3O7. The molecule has 1 amide bonds. The van der Waals surface area contributed by atoms with Crippen molar-refractivity contribution in [1.29, 1.82) is 0 Å². The number of fused-ring (bicyclic) bond motifs is 1. The van der Waals surface area contributed by atoms with Gasteiger partial charge >= 0.3 is 0 Å². The highest BCUT2D eigenvalue weighted by Crippen LogP contribution is 2.32. The first-order valence-corrected chi connectivity index (χ1v) is 14.8. The predicted molar refractivity (Wildman–Crippen MR) is 157 cm³/mol. The molecule has 10 nitrogen and oxygen atoms in total. The Hall–Kier alpha value is -2.71. The average molecular weight is 693 g/mol. The number of hydrogen-bond donors (Lipinski definition) is 4. The van der Waals surface area contributed by atoms with Gasteiger partial charge in [0.05, 0.1) is 31.8 Å². The Morgan fingerprint density at radius 1 is 1.00 bits per heavy atom. The van der Waals surface area contributed by atoms with Crippen LogP contribution in [-0.2, 0) is 27.1 Å². The summed E-state index contributed by atoms with van der Waals surface area (Å²) in [5, 5.41) is 44.1. The van der Waals surface area contributed by atoms with Crippen molar-refractivity contribution in [3.8, 4) is 0 Å². The van der Waals surface area contributed by atoms with E-state index in [1.165, 1.54) is 0 Å². The maximum Gasteiger partial charge on any atom is 0.252 e. The summed E-state index contributed by atoms with van der Waals surface area (Å²) in [5.74, 6) is -0.487. The minimum Gasteiger partial charge on any atom is -0.422 e. The van der Waals surface area contributed by atoms with Crippen LogP contribution in [0.4, 0.5) is 0 Å².